The molecule has 0 N–H and O–H groups in total. The lowest BCUT2D eigenvalue weighted by Gasteiger charge is -2.20. The van der Waals surface area contributed by atoms with Gasteiger partial charge in [0.15, 0.2) is 0 Å². The van der Waals surface area contributed by atoms with E-state index in [4.69, 9.17) is 0 Å². The van der Waals surface area contributed by atoms with Crippen molar-refractivity contribution >= 4 is 0 Å². The Labute approximate surface area is 148 Å². The largest absolute Gasteiger partial charge is 0.326 e. The smallest absolute Gasteiger partial charge is 0.0954 e. The molecule has 0 aliphatic heterocycles. The van der Waals surface area contributed by atoms with E-state index in [0.717, 1.165) is 0 Å². The van der Waals surface area contributed by atoms with Crippen molar-refractivity contribution in [1.82, 2.24) is 9.55 Å². The third-order valence-corrected chi connectivity index (χ3v) is 4.51. The standard InChI is InChI=1S/C23H20N2/c1-18-6-5-9-22(16-18)23(25-15-14-24-17-25)21-12-10-20(11-13-21)19-7-3-2-4-8-19/h2-17,23H,1H3. The fourth-order valence-electron chi connectivity index (χ4n) is 3.29. The van der Waals surface area contributed by atoms with Crippen molar-refractivity contribution in [2.45, 2.75) is 13.0 Å². The van der Waals surface area contributed by atoms with Crippen molar-refractivity contribution in [3.05, 3.63) is 114 Å². The van der Waals surface area contributed by atoms with E-state index in [0.29, 0.717) is 0 Å². The van der Waals surface area contributed by atoms with Gasteiger partial charge in [-0.3, -0.25) is 0 Å². The molecule has 2 heteroatoms. The Hall–Kier alpha value is -3.13. The van der Waals surface area contributed by atoms with Crippen molar-refractivity contribution in [2.24, 2.45) is 0 Å². The molecule has 1 heterocycles. The molecule has 1 atom stereocenters. The molecule has 0 saturated heterocycles. The van der Waals surface area contributed by atoms with Crippen LogP contribution in [0, 0.1) is 6.92 Å². The topological polar surface area (TPSA) is 17.8 Å². The van der Waals surface area contributed by atoms with Gasteiger partial charge in [0.05, 0.1) is 12.4 Å². The van der Waals surface area contributed by atoms with Gasteiger partial charge in [-0.05, 0) is 29.2 Å². The molecule has 4 aromatic rings. The number of benzene rings is 3. The van der Waals surface area contributed by atoms with Crippen LogP contribution in [0.5, 0.6) is 0 Å². The molecule has 0 aliphatic rings. The fourth-order valence-corrected chi connectivity index (χ4v) is 3.29. The van der Waals surface area contributed by atoms with E-state index in [-0.39, 0.29) is 6.04 Å². The SMILES string of the molecule is Cc1cccc(C(c2ccc(-c3ccccc3)cc2)n2ccnc2)c1. The number of aryl methyl sites for hydroxylation is 1. The summed E-state index contributed by atoms with van der Waals surface area (Å²) in [5.41, 5.74) is 6.26. The van der Waals surface area contributed by atoms with Gasteiger partial charge in [-0.15, -0.1) is 0 Å². The zero-order valence-electron chi connectivity index (χ0n) is 14.2. The van der Waals surface area contributed by atoms with Crippen molar-refractivity contribution in [3.8, 4) is 11.1 Å². The maximum Gasteiger partial charge on any atom is 0.0954 e. The van der Waals surface area contributed by atoms with Gasteiger partial charge in [-0.1, -0.05) is 84.4 Å². The van der Waals surface area contributed by atoms with Gasteiger partial charge in [-0.2, -0.15) is 0 Å². The lowest BCUT2D eigenvalue weighted by atomic mass is 9.95. The van der Waals surface area contributed by atoms with Crippen molar-refractivity contribution in [1.29, 1.82) is 0 Å². The summed E-state index contributed by atoms with van der Waals surface area (Å²) in [4.78, 5) is 4.24. The lowest BCUT2D eigenvalue weighted by Crippen LogP contribution is -2.10. The quantitative estimate of drug-likeness (QED) is 0.485. The predicted octanol–water partition coefficient (Wildman–Crippen LogP) is 5.50. The molecule has 4 rings (SSSR count). The van der Waals surface area contributed by atoms with Crippen LogP contribution in [0.2, 0.25) is 0 Å². The van der Waals surface area contributed by atoms with Crippen LogP contribution < -0.4 is 0 Å². The van der Waals surface area contributed by atoms with Gasteiger partial charge in [0.1, 0.15) is 0 Å². The Morgan fingerprint density at radius 2 is 1.52 bits per heavy atom. The van der Waals surface area contributed by atoms with Crippen LogP contribution in [0.3, 0.4) is 0 Å². The highest BCUT2D eigenvalue weighted by molar-refractivity contribution is 5.63. The first-order valence-corrected chi connectivity index (χ1v) is 8.51. The molecule has 25 heavy (non-hydrogen) atoms. The van der Waals surface area contributed by atoms with Crippen LogP contribution in [0.1, 0.15) is 22.7 Å². The van der Waals surface area contributed by atoms with E-state index in [9.17, 15) is 0 Å². The first-order chi connectivity index (χ1) is 12.3. The van der Waals surface area contributed by atoms with Crippen LogP contribution in [0.15, 0.2) is 97.6 Å². The first-order valence-electron chi connectivity index (χ1n) is 8.51. The second kappa shape index (κ2) is 6.78. The number of nitrogens with zero attached hydrogens (tertiary/aromatic N) is 2. The molecule has 0 fully saturated rings. The number of aromatic nitrogens is 2. The average Bonchev–Trinajstić information content (AvgIpc) is 3.18. The van der Waals surface area contributed by atoms with Gasteiger partial charge in [0.25, 0.3) is 0 Å². The van der Waals surface area contributed by atoms with Crippen molar-refractivity contribution in [2.75, 3.05) is 0 Å². The van der Waals surface area contributed by atoms with Crippen LogP contribution >= 0.6 is 0 Å². The van der Waals surface area contributed by atoms with Crippen LogP contribution in [0.25, 0.3) is 11.1 Å². The zero-order valence-corrected chi connectivity index (χ0v) is 14.2. The molecule has 0 saturated carbocycles. The maximum absolute atomic E-state index is 4.24. The van der Waals surface area contributed by atoms with E-state index < -0.39 is 0 Å². The average molecular weight is 324 g/mol. The summed E-state index contributed by atoms with van der Waals surface area (Å²) in [6.07, 6.45) is 5.75. The first kappa shape index (κ1) is 15.4. The van der Waals surface area contributed by atoms with Gasteiger partial charge < -0.3 is 4.57 Å². The Morgan fingerprint density at radius 1 is 0.760 bits per heavy atom. The van der Waals surface area contributed by atoms with Crippen LogP contribution in [0.4, 0.5) is 0 Å². The minimum absolute atomic E-state index is 0.132. The second-order valence-electron chi connectivity index (χ2n) is 6.31. The Morgan fingerprint density at radius 3 is 2.20 bits per heavy atom. The molecule has 0 spiro atoms. The highest BCUT2D eigenvalue weighted by Crippen LogP contribution is 2.29. The fraction of sp³-hybridized carbons (Fsp3) is 0.0870. The molecule has 1 aromatic heterocycles. The molecule has 0 bridgehead atoms. The molecule has 1 unspecified atom stereocenters. The van der Waals surface area contributed by atoms with E-state index in [1.165, 1.54) is 27.8 Å². The minimum atomic E-state index is 0.132. The number of rotatable bonds is 4. The summed E-state index contributed by atoms with van der Waals surface area (Å²) in [5.74, 6) is 0. The van der Waals surface area contributed by atoms with E-state index in [1.807, 2.05) is 24.8 Å². The third kappa shape index (κ3) is 3.24. The summed E-state index contributed by atoms with van der Waals surface area (Å²) in [5, 5.41) is 0. The predicted molar refractivity (Wildman–Crippen MR) is 103 cm³/mol. The Bertz CT molecular complexity index is 939. The van der Waals surface area contributed by atoms with Crippen LogP contribution in [-0.4, -0.2) is 9.55 Å². The summed E-state index contributed by atoms with van der Waals surface area (Å²) < 4.78 is 2.16. The summed E-state index contributed by atoms with van der Waals surface area (Å²) in [7, 11) is 0. The maximum atomic E-state index is 4.24. The van der Waals surface area contributed by atoms with Crippen molar-refractivity contribution < 1.29 is 0 Å². The normalized spacial score (nSPS) is 12.0. The number of hydrogen-bond acceptors (Lipinski definition) is 1. The van der Waals surface area contributed by atoms with Gasteiger partial charge in [0, 0.05) is 12.4 Å². The highest BCUT2D eigenvalue weighted by Gasteiger charge is 2.16. The van der Waals surface area contributed by atoms with E-state index in [1.54, 1.807) is 0 Å². The number of hydrogen-bond donors (Lipinski definition) is 0. The molecular weight excluding hydrogens is 304 g/mol. The molecule has 122 valence electrons. The lowest BCUT2D eigenvalue weighted by molar-refractivity contribution is 0.676. The molecule has 3 aromatic carbocycles. The molecule has 0 aliphatic carbocycles. The molecular formula is C23H20N2. The van der Waals surface area contributed by atoms with Gasteiger partial charge >= 0.3 is 0 Å². The van der Waals surface area contributed by atoms with Gasteiger partial charge in [0.2, 0.25) is 0 Å². The summed E-state index contributed by atoms with van der Waals surface area (Å²) in [6, 6.07) is 28.1. The van der Waals surface area contributed by atoms with Crippen LogP contribution in [-0.2, 0) is 0 Å². The van der Waals surface area contributed by atoms with E-state index >= 15 is 0 Å². The molecule has 2 nitrogen and oxygen atoms in total. The van der Waals surface area contributed by atoms with E-state index in [2.05, 4.69) is 89.3 Å². The number of imidazole rings is 1. The van der Waals surface area contributed by atoms with Crippen molar-refractivity contribution in [3.63, 3.8) is 0 Å². The monoisotopic (exact) mass is 324 g/mol. The third-order valence-electron chi connectivity index (χ3n) is 4.51. The minimum Gasteiger partial charge on any atom is -0.326 e. The summed E-state index contributed by atoms with van der Waals surface area (Å²) in [6.45, 7) is 2.13. The molecule has 0 radical (unpaired) electrons. The Balaban J connectivity index is 1.75. The molecule has 0 amide bonds. The van der Waals surface area contributed by atoms with Gasteiger partial charge in [-0.25, -0.2) is 4.98 Å². The zero-order chi connectivity index (χ0) is 17.1. The second-order valence-corrected chi connectivity index (χ2v) is 6.31. The highest BCUT2D eigenvalue weighted by atomic mass is 15.0. The summed E-state index contributed by atoms with van der Waals surface area (Å²) >= 11 is 0. The Kier molecular flexibility index (Phi) is 4.17.